The third kappa shape index (κ3) is 10.4. The van der Waals surface area contributed by atoms with Crippen LogP contribution in [0, 0.1) is 29.1 Å². The minimum absolute atomic E-state index is 0.0159. The number of carbonyl (C=O) groups excluding carboxylic acids is 4. The zero-order valence-corrected chi connectivity index (χ0v) is 29.4. The first-order valence-electron chi connectivity index (χ1n) is 18.1. The van der Waals surface area contributed by atoms with Gasteiger partial charge in [0.1, 0.15) is 11.6 Å². The van der Waals surface area contributed by atoms with Crippen LogP contribution in [0.25, 0.3) is 0 Å². The van der Waals surface area contributed by atoms with Crippen LogP contribution >= 0.6 is 0 Å². The summed E-state index contributed by atoms with van der Waals surface area (Å²) >= 11 is 0. The lowest BCUT2D eigenvalue weighted by Crippen LogP contribution is -2.65. The molecule has 45 heavy (non-hydrogen) atoms. The van der Waals surface area contributed by atoms with Gasteiger partial charge in [0.05, 0.1) is 30.7 Å². The molecule has 0 aromatic carbocycles. The van der Waals surface area contributed by atoms with Crippen molar-refractivity contribution in [2.45, 2.75) is 169 Å². The maximum atomic E-state index is 13.9. The first kappa shape index (κ1) is 37.7. The van der Waals surface area contributed by atoms with Gasteiger partial charge in [-0.1, -0.05) is 73.1 Å². The summed E-state index contributed by atoms with van der Waals surface area (Å²) in [4.78, 5) is 51.4. The second kappa shape index (κ2) is 17.4. The molecule has 4 rings (SSSR count). The molecule has 0 aromatic heterocycles. The van der Waals surface area contributed by atoms with Crippen LogP contribution in [0.3, 0.4) is 0 Å². The molecule has 2 bridgehead atoms. The normalized spacial score (nSPS) is 26.1. The molecule has 0 unspecified atom stereocenters. The third-order valence-electron chi connectivity index (χ3n) is 10.9. The Kier molecular flexibility index (Phi) is 14.6. The molecule has 6 atom stereocenters. The highest BCUT2D eigenvalue weighted by Gasteiger charge is 2.68. The van der Waals surface area contributed by atoms with Crippen molar-refractivity contribution in [3.8, 4) is 0 Å². The number of Topliss-reactive ketones (excluding diaryl/α,β-unsaturated/α-hetero) is 2. The lowest BCUT2D eigenvalue weighted by molar-refractivity contribution is -0.199. The highest BCUT2D eigenvalue weighted by molar-refractivity contribution is 6.47. The van der Waals surface area contributed by atoms with E-state index in [0.29, 0.717) is 30.6 Å². The lowest BCUT2D eigenvalue weighted by Gasteiger charge is -2.64. The van der Waals surface area contributed by atoms with Crippen LogP contribution in [0.1, 0.15) is 151 Å². The number of carbonyl (C=O) groups is 4. The first-order chi connectivity index (χ1) is 21.3. The fraction of sp³-hybridized carbons (Fsp3) is 0.889. The Labute approximate surface area is 273 Å². The molecule has 3 saturated carbocycles. The van der Waals surface area contributed by atoms with Crippen molar-refractivity contribution in [2.24, 2.45) is 29.1 Å². The molecule has 3 aliphatic carbocycles. The number of hydrogen-bond acceptors (Lipinski definition) is 7. The van der Waals surface area contributed by atoms with Gasteiger partial charge < -0.3 is 19.4 Å². The van der Waals surface area contributed by atoms with Gasteiger partial charge in [0.25, 0.3) is 0 Å². The lowest BCUT2D eigenvalue weighted by atomic mass is 9.43. The summed E-state index contributed by atoms with van der Waals surface area (Å²) in [5.41, 5.74) is -0.152. The van der Waals surface area contributed by atoms with Gasteiger partial charge in [0.2, 0.25) is 5.91 Å². The summed E-state index contributed by atoms with van der Waals surface area (Å²) in [6.45, 7) is 15.3. The zero-order valence-electron chi connectivity index (χ0n) is 29.4. The van der Waals surface area contributed by atoms with Crippen molar-refractivity contribution < 1.29 is 33.2 Å². The molecule has 4 aliphatic rings. The third-order valence-corrected chi connectivity index (χ3v) is 10.9. The summed E-state index contributed by atoms with van der Waals surface area (Å²) in [6, 6.07) is 0. The number of ether oxygens (including phenoxy) is 1. The molecule has 4 fully saturated rings. The second-order valence-corrected chi connectivity index (χ2v) is 15.3. The predicted molar refractivity (Wildman–Crippen MR) is 177 cm³/mol. The Bertz CT molecular complexity index is 1000. The van der Waals surface area contributed by atoms with E-state index in [-0.39, 0.29) is 79.2 Å². The van der Waals surface area contributed by atoms with E-state index in [0.717, 1.165) is 32.1 Å². The Morgan fingerprint density at radius 2 is 1.58 bits per heavy atom. The molecule has 1 heterocycles. The number of rotatable bonds is 22. The van der Waals surface area contributed by atoms with Gasteiger partial charge in [0, 0.05) is 31.6 Å². The van der Waals surface area contributed by atoms with Gasteiger partial charge in [-0.3, -0.25) is 19.2 Å². The van der Waals surface area contributed by atoms with Crippen molar-refractivity contribution in [2.75, 3.05) is 6.61 Å². The van der Waals surface area contributed by atoms with Crippen molar-refractivity contribution in [1.82, 2.24) is 5.32 Å². The van der Waals surface area contributed by atoms with Crippen molar-refractivity contribution in [1.29, 1.82) is 0 Å². The minimum Gasteiger partial charge on any atom is -0.466 e. The Morgan fingerprint density at radius 1 is 0.889 bits per heavy atom. The number of unbranched alkanes of at least 4 members (excludes halogenated alkanes) is 6. The first-order valence-corrected chi connectivity index (χ1v) is 18.1. The summed E-state index contributed by atoms with van der Waals surface area (Å²) < 4.78 is 18.2. The summed E-state index contributed by atoms with van der Waals surface area (Å²) in [7, 11) is -0.545. The van der Waals surface area contributed by atoms with Crippen LogP contribution in [0.4, 0.5) is 0 Å². The SMILES string of the molecule is CCCCCCCCCC(=O)C[C@@H](CCC(=O)CCC(=O)OCC)C(=O)N[C@@H](CC(C)C)B1O[C@@H]2C[C@H]3C[C@H](C3(C)C)[C@]2(C)O1. The number of ketones is 2. The summed E-state index contributed by atoms with van der Waals surface area (Å²) in [5, 5.41) is 3.23. The van der Waals surface area contributed by atoms with E-state index < -0.39 is 19.0 Å². The van der Waals surface area contributed by atoms with Crippen LogP contribution in [-0.4, -0.2) is 54.8 Å². The van der Waals surface area contributed by atoms with Crippen molar-refractivity contribution >= 4 is 30.6 Å². The molecular weight excluding hydrogens is 569 g/mol. The quantitative estimate of drug-likeness (QED) is 0.0765. The summed E-state index contributed by atoms with van der Waals surface area (Å²) in [5.74, 6) is -0.255. The van der Waals surface area contributed by atoms with Crippen LogP contribution in [-0.2, 0) is 33.2 Å². The van der Waals surface area contributed by atoms with E-state index in [2.05, 4.69) is 46.9 Å². The molecule has 0 radical (unpaired) electrons. The molecule has 1 N–H and O–H groups in total. The zero-order chi connectivity index (χ0) is 33.2. The van der Waals surface area contributed by atoms with Gasteiger partial charge >= 0.3 is 13.1 Å². The van der Waals surface area contributed by atoms with Gasteiger partial charge in [-0.2, -0.15) is 0 Å². The molecular formula is C36H62BNO7. The monoisotopic (exact) mass is 631 g/mol. The highest BCUT2D eigenvalue weighted by Crippen LogP contribution is 2.65. The van der Waals surface area contributed by atoms with E-state index >= 15 is 0 Å². The molecule has 8 nitrogen and oxygen atoms in total. The molecule has 1 amide bonds. The highest BCUT2D eigenvalue weighted by atomic mass is 16.7. The molecule has 1 aliphatic heterocycles. The fourth-order valence-electron chi connectivity index (χ4n) is 8.03. The second-order valence-electron chi connectivity index (χ2n) is 15.3. The minimum atomic E-state index is -0.616. The number of nitrogens with one attached hydrogen (secondary N) is 1. The van der Waals surface area contributed by atoms with Gasteiger partial charge in [-0.15, -0.1) is 0 Å². The largest absolute Gasteiger partial charge is 0.481 e. The predicted octanol–water partition coefficient (Wildman–Crippen LogP) is 7.19. The van der Waals surface area contributed by atoms with Gasteiger partial charge in [-0.05, 0) is 69.1 Å². The Balaban J connectivity index is 1.63. The Hall–Kier alpha value is -1.74. The topological polar surface area (TPSA) is 108 Å². The number of hydrogen-bond donors (Lipinski definition) is 1. The Morgan fingerprint density at radius 3 is 2.22 bits per heavy atom. The smallest absolute Gasteiger partial charge is 0.466 e. The standard InChI is InChI=1S/C36H62BNO7/c1-8-10-11-12-13-14-15-16-29(40)22-26(17-18-28(39)19-20-33(41)43-9-2)34(42)38-32(21-25(3)4)37-44-31-24-27-23-30(35(27,5)6)36(31,7)45-37/h25-27,30-32H,8-24H2,1-7H3,(H,38,42)/t26-,27-,30-,31-,32+,36+/m1/s1. The van der Waals surface area contributed by atoms with Crippen LogP contribution in [0.5, 0.6) is 0 Å². The fourth-order valence-corrected chi connectivity index (χ4v) is 8.03. The molecule has 1 saturated heterocycles. The maximum absolute atomic E-state index is 13.9. The maximum Gasteiger partial charge on any atom is 0.481 e. The van der Waals surface area contributed by atoms with E-state index in [1.165, 1.54) is 25.7 Å². The molecule has 0 spiro atoms. The molecule has 0 aromatic rings. The average Bonchev–Trinajstić information content (AvgIpc) is 3.34. The van der Waals surface area contributed by atoms with E-state index in [9.17, 15) is 19.2 Å². The van der Waals surface area contributed by atoms with Crippen LogP contribution in [0.15, 0.2) is 0 Å². The number of amides is 1. The van der Waals surface area contributed by atoms with Gasteiger partial charge in [-0.25, -0.2) is 0 Å². The van der Waals surface area contributed by atoms with Crippen LogP contribution < -0.4 is 5.32 Å². The van der Waals surface area contributed by atoms with Crippen LogP contribution in [0.2, 0.25) is 0 Å². The molecule has 9 heteroatoms. The van der Waals surface area contributed by atoms with E-state index in [1.807, 2.05) is 0 Å². The number of esters is 1. The van der Waals surface area contributed by atoms with Crippen molar-refractivity contribution in [3.63, 3.8) is 0 Å². The van der Waals surface area contributed by atoms with Gasteiger partial charge in [0.15, 0.2) is 0 Å². The average molecular weight is 632 g/mol. The molecule has 256 valence electrons. The van der Waals surface area contributed by atoms with E-state index in [1.54, 1.807) is 6.92 Å². The summed E-state index contributed by atoms with van der Waals surface area (Å²) in [6.07, 6.45) is 11.8. The van der Waals surface area contributed by atoms with E-state index in [4.69, 9.17) is 14.0 Å². The van der Waals surface area contributed by atoms with Crippen molar-refractivity contribution in [3.05, 3.63) is 0 Å².